The maximum absolute atomic E-state index is 12.9. The second kappa shape index (κ2) is 9.43. The van der Waals surface area contributed by atoms with Gasteiger partial charge in [-0.05, 0) is 49.8 Å². The van der Waals surface area contributed by atoms with E-state index in [9.17, 15) is 18.8 Å². The predicted molar refractivity (Wildman–Crippen MR) is 99.4 cm³/mol. The monoisotopic (exact) mass is 369 g/mol. The first kappa shape index (κ1) is 20.0. The molecule has 2 rings (SSSR count). The minimum Gasteiger partial charge on any atom is -0.453 e. The van der Waals surface area contributed by atoms with E-state index in [1.165, 1.54) is 32.1 Å². The van der Waals surface area contributed by atoms with E-state index in [1.807, 2.05) is 30.3 Å². The molecule has 2 aromatic rings. The highest BCUT2D eigenvalue weighted by atomic mass is 19.1. The number of carbonyl (C=O) groups is 3. The fraction of sp³-hybridized carbons (Fsp3) is 0.190. The van der Waals surface area contributed by atoms with Gasteiger partial charge >= 0.3 is 5.97 Å². The van der Waals surface area contributed by atoms with Crippen molar-refractivity contribution < 1.29 is 23.5 Å². The molecule has 1 N–H and O–H groups in total. The lowest BCUT2D eigenvalue weighted by atomic mass is 10.1. The second-order valence-electron chi connectivity index (χ2n) is 5.92. The molecule has 0 spiro atoms. The van der Waals surface area contributed by atoms with Crippen LogP contribution in [0.1, 0.15) is 29.8 Å². The number of Topliss-reactive ketones (excluding diaryl/α,β-unsaturated/α-hetero) is 1. The molecule has 6 heteroatoms. The Bertz CT molecular complexity index is 831. The first-order chi connectivity index (χ1) is 12.9. The van der Waals surface area contributed by atoms with Gasteiger partial charge in [-0.25, -0.2) is 9.18 Å². The van der Waals surface area contributed by atoms with Crippen molar-refractivity contribution in [2.75, 3.05) is 0 Å². The van der Waals surface area contributed by atoms with Gasteiger partial charge in [0.25, 0.3) is 0 Å². The van der Waals surface area contributed by atoms with Crippen LogP contribution in [0.25, 0.3) is 6.08 Å². The predicted octanol–water partition coefficient (Wildman–Crippen LogP) is 3.16. The number of carbonyl (C=O) groups excluding carboxylic acids is 3. The van der Waals surface area contributed by atoms with Crippen molar-refractivity contribution in [3.05, 3.63) is 77.6 Å². The van der Waals surface area contributed by atoms with Crippen LogP contribution in [0.15, 0.2) is 60.7 Å². The first-order valence-electron chi connectivity index (χ1n) is 8.40. The average molecular weight is 369 g/mol. The van der Waals surface area contributed by atoms with Gasteiger partial charge in [0.1, 0.15) is 11.9 Å². The molecule has 0 aliphatic rings. The van der Waals surface area contributed by atoms with Crippen molar-refractivity contribution in [1.82, 2.24) is 5.32 Å². The summed E-state index contributed by atoms with van der Waals surface area (Å²) in [7, 11) is 0. The van der Waals surface area contributed by atoms with Crippen molar-refractivity contribution in [3.63, 3.8) is 0 Å². The second-order valence-corrected chi connectivity index (χ2v) is 5.92. The Morgan fingerprint density at radius 1 is 1.00 bits per heavy atom. The van der Waals surface area contributed by atoms with Gasteiger partial charge in [-0.2, -0.15) is 0 Å². The zero-order chi connectivity index (χ0) is 19.8. The van der Waals surface area contributed by atoms with E-state index < -0.39 is 35.6 Å². The van der Waals surface area contributed by atoms with E-state index in [4.69, 9.17) is 4.74 Å². The van der Waals surface area contributed by atoms with Crippen LogP contribution in [-0.4, -0.2) is 29.8 Å². The number of nitrogens with one attached hydrogen (secondary N) is 1. The van der Waals surface area contributed by atoms with Crippen LogP contribution in [0.5, 0.6) is 0 Å². The number of ether oxygens (including phenoxy) is 1. The molecular weight excluding hydrogens is 349 g/mol. The van der Waals surface area contributed by atoms with Gasteiger partial charge in [0.15, 0.2) is 6.10 Å². The Labute approximate surface area is 156 Å². The van der Waals surface area contributed by atoms with Crippen molar-refractivity contribution in [1.29, 1.82) is 0 Å². The molecule has 1 amide bonds. The summed E-state index contributed by atoms with van der Waals surface area (Å²) in [6.07, 6.45) is 1.88. The van der Waals surface area contributed by atoms with Crippen LogP contribution >= 0.6 is 0 Å². The third-order valence-corrected chi connectivity index (χ3v) is 3.73. The summed E-state index contributed by atoms with van der Waals surface area (Å²) in [4.78, 5) is 36.2. The zero-order valence-corrected chi connectivity index (χ0v) is 15.0. The fourth-order valence-electron chi connectivity index (χ4n) is 2.24. The Balaban J connectivity index is 1.87. The minimum absolute atomic E-state index is 0.235. The number of hydrogen-bond acceptors (Lipinski definition) is 4. The molecule has 0 fully saturated rings. The topological polar surface area (TPSA) is 72.5 Å². The lowest BCUT2D eigenvalue weighted by molar-refractivity contribution is -0.149. The van der Waals surface area contributed by atoms with E-state index in [1.54, 1.807) is 6.08 Å². The Morgan fingerprint density at radius 3 is 2.26 bits per heavy atom. The van der Waals surface area contributed by atoms with Gasteiger partial charge in [0, 0.05) is 11.6 Å². The van der Waals surface area contributed by atoms with Crippen LogP contribution in [-0.2, 0) is 14.3 Å². The standard InChI is InChI=1S/C21H20FNO4/c1-14(23-19(24)13-8-16-6-4-3-5-7-16)21(26)27-15(2)20(25)17-9-11-18(22)12-10-17/h3-15H,1-2H3,(H,23,24)/b13-8+/t14-,15+/m0/s1. The van der Waals surface area contributed by atoms with Crippen molar-refractivity contribution >= 4 is 23.7 Å². The highest BCUT2D eigenvalue weighted by molar-refractivity contribution is 6.00. The van der Waals surface area contributed by atoms with E-state index >= 15 is 0 Å². The van der Waals surface area contributed by atoms with Crippen molar-refractivity contribution in [2.45, 2.75) is 26.0 Å². The van der Waals surface area contributed by atoms with Gasteiger partial charge in [-0.15, -0.1) is 0 Å². The van der Waals surface area contributed by atoms with E-state index in [-0.39, 0.29) is 5.56 Å². The third-order valence-electron chi connectivity index (χ3n) is 3.73. The Kier molecular flexibility index (Phi) is 7.00. The number of hydrogen-bond donors (Lipinski definition) is 1. The van der Waals surface area contributed by atoms with Gasteiger partial charge in [-0.1, -0.05) is 30.3 Å². The van der Waals surface area contributed by atoms with Crippen LogP contribution in [0.3, 0.4) is 0 Å². The number of ketones is 1. The van der Waals surface area contributed by atoms with Gasteiger partial charge in [-0.3, -0.25) is 9.59 Å². The maximum Gasteiger partial charge on any atom is 0.329 e. The molecule has 0 bridgehead atoms. The third kappa shape index (κ3) is 6.18. The lowest BCUT2D eigenvalue weighted by Crippen LogP contribution is -2.41. The molecule has 27 heavy (non-hydrogen) atoms. The molecule has 0 radical (unpaired) electrons. The SMILES string of the molecule is C[C@H](NC(=O)/C=C/c1ccccc1)C(=O)O[C@H](C)C(=O)c1ccc(F)cc1. The zero-order valence-electron chi connectivity index (χ0n) is 15.0. The van der Waals surface area contributed by atoms with Crippen LogP contribution < -0.4 is 5.32 Å². The van der Waals surface area contributed by atoms with E-state index in [0.717, 1.165) is 17.7 Å². The first-order valence-corrected chi connectivity index (χ1v) is 8.40. The molecule has 0 aromatic heterocycles. The molecule has 140 valence electrons. The molecule has 2 atom stereocenters. The smallest absolute Gasteiger partial charge is 0.329 e. The summed E-state index contributed by atoms with van der Waals surface area (Å²) >= 11 is 0. The average Bonchev–Trinajstić information content (AvgIpc) is 2.67. The summed E-state index contributed by atoms with van der Waals surface area (Å²) in [5, 5.41) is 2.48. The van der Waals surface area contributed by atoms with Crippen molar-refractivity contribution in [2.24, 2.45) is 0 Å². The normalized spacial score (nSPS) is 13.0. The number of esters is 1. The minimum atomic E-state index is -1.05. The highest BCUT2D eigenvalue weighted by Gasteiger charge is 2.23. The van der Waals surface area contributed by atoms with Crippen LogP contribution in [0.2, 0.25) is 0 Å². The number of rotatable bonds is 7. The maximum atomic E-state index is 12.9. The molecule has 2 aromatic carbocycles. The van der Waals surface area contributed by atoms with Gasteiger partial charge < -0.3 is 10.1 Å². The summed E-state index contributed by atoms with van der Waals surface area (Å²) in [5.41, 5.74) is 1.08. The molecule has 0 unspecified atom stereocenters. The van der Waals surface area contributed by atoms with E-state index in [2.05, 4.69) is 5.32 Å². The summed E-state index contributed by atoms with van der Waals surface area (Å²) in [5.74, 6) is -2.11. The molecule has 0 heterocycles. The fourth-order valence-corrected chi connectivity index (χ4v) is 2.24. The van der Waals surface area contributed by atoms with E-state index in [0.29, 0.717) is 0 Å². The van der Waals surface area contributed by atoms with Crippen LogP contribution in [0, 0.1) is 5.82 Å². The van der Waals surface area contributed by atoms with Gasteiger partial charge in [0.2, 0.25) is 11.7 Å². The molecule has 0 saturated heterocycles. The van der Waals surface area contributed by atoms with Crippen molar-refractivity contribution in [3.8, 4) is 0 Å². The Hall–Kier alpha value is -3.28. The number of amides is 1. The quantitative estimate of drug-likeness (QED) is 0.462. The highest BCUT2D eigenvalue weighted by Crippen LogP contribution is 2.09. The summed E-state index contributed by atoms with van der Waals surface area (Å²) < 4.78 is 18.0. The molecule has 0 saturated carbocycles. The molecule has 0 aliphatic carbocycles. The molecule has 0 aliphatic heterocycles. The number of benzene rings is 2. The molecule has 5 nitrogen and oxygen atoms in total. The summed E-state index contributed by atoms with van der Waals surface area (Å²) in [6, 6.07) is 13.3. The van der Waals surface area contributed by atoms with Crippen LogP contribution in [0.4, 0.5) is 4.39 Å². The summed E-state index contributed by atoms with van der Waals surface area (Å²) in [6.45, 7) is 2.89. The lowest BCUT2D eigenvalue weighted by Gasteiger charge is -2.16. The largest absolute Gasteiger partial charge is 0.453 e. The van der Waals surface area contributed by atoms with Gasteiger partial charge in [0.05, 0.1) is 0 Å². The Morgan fingerprint density at radius 2 is 1.63 bits per heavy atom. The number of halogens is 1. The molecular formula is C21H20FNO4.